The first-order chi connectivity index (χ1) is 19.6. The molecule has 0 radical (unpaired) electrons. The van der Waals surface area contributed by atoms with Crippen molar-refractivity contribution in [3.05, 3.63) is 35.9 Å². The van der Waals surface area contributed by atoms with Crippen LogP contribution in [0.25, 0.3) is 0 Å². The summed E-state index contributed by atoms with van der Waals surface area (Å²) in [5.74, 6) is -2.55. The molecule has 0 aliphatic carbocycles. The molecule has 11 heteroatoms. The number of ether oxygens (including phenoxy) is 1. The van der Waals surface area contributed by atoms with Crippen LogP contribution in [0.15, 0.2) is 30.3 Å². The van der Waals surface area contributed by atoms with Gasteiger partial charge in [0.1, 0.15) is 35.9 Å². The summed E-state index contributed by atoms with van der Waals surface area (Å²) in [5, 5.41) is 11.2. The number of hydrogen-bond acceptors (Lipinski definition) is 6. The second kappa shape index (κ2) is 13.7. The molecule has 3 rings (SSSR count). The molecule has 0 saturated carbocycles. The summed E-state index contributed by atoms with van der Waals surface area (Å²) in [7, 11) is 0. The van der Waals surface area contributed by atoms with Gasteiger partial charge in [0.25, 0.3) is 0 Å². The molecule has 5 amide bonds. The smallest absolute Gasteiger partial charge is 0.248 e. The minimum atomic E-state index is -1.15. The molecule has 1 aromatic rings. The first-order valence-electron chi connectivity index (χ1n) is 14.9. The van der Waals surface area contributed by atoms with E-state index in [1.54, 1.807) is 20.8 Å². The lowest BCUT2D eigenvalue weighted by Gasteiger charge is -2.36. The fraction of sp³-hybridized carbons (Fsp3) is 0.645. The van der Waals surface area contributed by atoms with E-state index in [1.165, 1.54) is 11.8 Å². The molecular weight excluding hydrogens is 538 g/mol. The van der Waals surface area contributed by atoms with Crippen LogP contribution >= 0.6 is 0 Å². The van der Waals surface area contributed by atoms with E-state index in [2.05, 4.69) is 21.3 Å². The molecule has 1 aromatic carbocycles. The molecule has 2 aliphatic rings. The topological polar surface area (TPSA) is 146 Å². The Balaban J connectivity index is 2.07. The second-order valence-electron chi connectivity index (χ2n) is 12.8. The summed E-state index contributed by atoms with van der Waals surface area (Å²) in [4.78, 5) is 69.8. The lowest BCUT2D eigenvalue weighted by molar-refractivity contribution is -0.154. The van der Waals surface area contributed by atoms with Gasteiger partial charge in [0.2, 0.25) is 29.5 Å². The molecule has 232 valence electrons. The van der Waals surface area contributed by atoms with Crippen molar-refractivity contribution in [1.29, 1.82) is 0 Å². The number of fused-ring (bicyclic) bond motifs is 1. The maximum absolute atomic E-state index is 14.1. The van der Waals surface area contributed by atoms with Crippen LogP contribution < -0.4 is 21.3 Å². The number of hydrogen-bond donors (Lipinski definition) is 4. The van der Waals surface area contributed by atoms with Gasteiger partial charge < -0.3 is 26.0 Å². The van der Waals surface area contributed by atoms with Gasteiger partial charge in [-0.1, -0.05) is 58.0 Å². The van der Waals surface area contributed by atoms with Gasteiger partial charge in [0.05, 0.1) is 6.10 Å². The normalized spacial score (nSPS) is 29.3. The average Bonchev–Trinajstić information content (AvgIpc) is 3.14. The Labute approximate surface area is 248 Å². The van der Waals surface area contributed by atoms with Crippen LogP contribution in [0.3, 0.4) is 0 Å². The largest absolute Gasteiger partial charge is 0.350 e. The molecule has 42 heavy (non-hydrogen) atoms. The van der Waals surface area contributed by atoms with Gasteiger partial charge in [0, 0.05) is 6.42 Å². The highest BCUT2D eigenvalue weighted by Gasteiger charge is 2.53. The van der Waals surface area contributed by atoms with Crippen molar-refractivity contribution < 1.29 is 28.7 Å². The van der Waals surface area contributed by atoms with E-state index in [9.17, 15) is 24.0 Å². The number of nitrogens with one attached hydrogen (secondary N) is 4. The maximum atomic E-state index is 14.1. The Hall–Kier alpha value is -3.47. The summed E-state index contributed by atoms with van der Waals surface area (Å²) >= 11 is 0. The zero-order valence-corrected chi connectivity index (χ0v) is 26.0. The van der Waals surface area contributed by atoms with E-state index in [0.29, 0.717) is 12.8 Å². The van der Waals surface area contributed by atoms with Crippen LogP contribution in [0.2, 0.25) is 0 Å². The lowest BCUT2D eigenvalue weighted by atomic mass is 9.98. The fourth-order valence-electron chi connectivity index (χ4n) is 5.68. The molecule has 2 fully saturated rings. The highest BCUT2D eigenvalue weighted by molar-refractivity contribution is 5.98. The molecule has 2 aliphatic heterocycles. The monoisotopic (exact) mass is 585 g/mol. The van der Waals surface area contributed by atoms with Gasteiger partial charge in [-0.2, -0.15) is 0 Å². The van der Waals surface area contributed by atoms with E-state index in [-0.39, 0.29) is 18.3 Å². The molecule has 0 spiro atoms. The Morgan fingerprint density at radius 2 is 1.26 bits per heavy atom. The third kappa shape index (κ3) is 8.08. The van der Waals surface area contributed by atoms with Crippen molar-refractivity contribution in [2.45, 2.75) is 117 Å². The standard InChI is InChI=1S/C31H47N5O6/c1-17(2)14-22-27(38)35-24(15-18(3)4)30(41)36-25(20(6)42-31(36,7)8)29(40)32-19(5)26(37)33-23(28(39)34-22)16-21-12-10-9-11-13-21/h9-13,17-20,22-25H,14-16H2,1-8H3,(H,32,40)(H,33,37)(H,34,39)(H,35,38)/t19-,20-,22-,23-,24-,25-/m0/s1. The predicted octanol–water partition coefficient (Wildman–Crippen LogP) is 1.65. The van der Waals surface area contributed by atoms with Crippen LogP contribution in [0, 0.1) is 11.8 Å². The number of amides is 5. The molecular formula is C31H47N5O6. The minimum Gasteiger partial charge on any atom is -0.350 e. The van der Waals surface area contributed by atoms with Crippen molar-refractivity contribution in [1.82, 2.24) is 26.2 Å². The van der Waals surface area contributed by atoms with E-state index >= 15 is 0 Å². The fourth-order valence-corrected chi connectivity index (χ4v) is 5.68. The molecule has 2 heterocycles. The zero-order chi connectivity index (χ0) is 31.4. The molecule has 0 bridgehead atoms. The molecule has 11 nitrogen and oxygen atoms in total. The summed E-state index contributed by atoms with van der Waals surface area (Å²) in [6.45, 7) is 14.4. The van der Waals surface area contributed by atoms with Crippen LogP contribution in [0.1, 0.15) is 73.8 Å². The molecule has 0 unspecified atom stereocenters. The van der Waals surface area contributed by atoms with E-state index in [1.807, 2.05) is 58.0 Å². The minimum absolute atomic E-state index is 0.0351. The highest BCUT2D eigenvalue weighted by Crippen LogP contribution is 2.33. The predicted molar refractivity (Wildman–Crippen MR) is 158 cm³/mol. The highest BCUT2D eigenvalue weighted by atomic mass is 16.5. The Morgan fingerprint density at radius 3 is 1.86 bits per heavy atom. The van der Waals surface area contributed by atoms with Crippen molar-refractivity contribution in [2.24, 2.45) is 11.8 Å². The lowest BCUT2D eigenvalue weighted by Crippen LogP contribution is -2.61. The Kier molecular flexibility index (Phi) is 10.8. The van der Waals surface area contributed by atoms with E-state index in [4.69, 9.17) is 4.74 Å². The van der Waals surface area contributed by atoms with Gasteiger partial charge in [-0.05, 0) is 57.9 Å². The van der Waals surface area contributed by atoms with Crippen molar-refractivity contribution >= 4 is 29.5 Å². The van der Waals surface area contributed by atoms with Crippen molar-refractivity contribution in [3.63, 3.8) is 0 Å². The third-order valence-electron chi connectivity index (χ3n) is 7.61. The summed E-state index contributed by atoms with van der Waals surface area (Å²) < 4.78 is 6.05. The maximum Gasteiger partial charge on any atom is 0.248 e. The van der Waals surface area contributed by atoms with E-state index in [0.717, 1.165) is 5.56 Å². The second-order valence-corrected chi connectivity index (χ2v) is 12.8. The van der Waals surface area contributed by atoms with E-state index < -0.39 is 71.6 Å². The van der Waals surface area contributed by atoms with Gasteiger partial charge in [0.15, 0.2) is 0 Å². The van der Waals surface area contributed by atoms with Crippen LogP contribution in [-0.2, 0) is 35.1 Å². The molecule has 4 N–H and O–H groups in total. The number of benzene rings is 1. The molecule has 0 aromatic heterocycles. The Bertz CT molecular complexity index is 1150. The number of nitrogens with zero attached hydrogens (tertiary/aromatic N) is 1. The molecule has 6 atom stereocenters. The average molecular weight is 586 g/mol. The van der Waals surface area contributed by atoms with Crippen LogP contribution in [0.5, 0.6) is 0 Å². The van der Waals surface area contributed by atoms with Crippen LogP contribution in [0.4, 0.5) is 0 Å². The summed E-state index contributed by atoms with van der Waals surface area (Å²) in [5.41, 5.74) is -0.334. The SMILES string of the molecule is CC(C)C[C@@H]1NC(=O)[C@H](Cc2ccccc2)NC(=O)[C@H](C)NC(=O)[C@@H]2[C@H](C)OC(C)(C)N2C(=O)[C@H](CC(C)C)NC1=O. The zero-order valence-electron chi connectivity index (χ0n) is 26.0. The Morgan fingerprint density at radius 1 is 0.738 bits per heavy atom. The quantitative estimate of drug-likeness (QED) is 0.399. The van der Waals surface area contributed by atoms with Crippen molar-refractivity contribution in [3.8, 4) is 0 Å². The van der Waals surface area contributed by atoms with Gasteiger partial charge >= 0.3 is 0 Å². The first kappa shape index (κ1) is 33.0. The third-order valence-corrected chi connectivity index (χ3v) is 7.61. The van der Waals surface area contributed by atoms with Crippen LogP contribution in [-0.4, -0.2) is 76.5 Å². The van der Waals surface area contributed by atoms with Gasteiger partial charge in [-0.15, -0.1) is 0 Å². The number of carbonyl (C=O) groups excluding carboxylic acids is 5. The first-order valence-corrected chi connectivity index (χ1v) is 14.9. The summed E-state index contributed by atoms with van der Waals surface area (Å²) in [6, 6.07) is 4.25. The van der Waals surface area contributed by atoms with Gasteiger partial charge in [-0.3, -0.25) is 28.9 Å². The molecule has 2 saturated heterocycles. The van der Waals surface area contributed by atoms with Gasteiger partial charge in [-0.25, -0.2) is 0 Å². The summed E-state index contributed by atoms with van der Waals surface area (Å²) in [6.07, 6.45) is 0.141. The van der Waals surface area contributed by atoms with Crippen molar-refractivity contribution in [2.75, 3.05) is 0 Å². The number of rotatable bonds is 6. The number of carbonyl (C=O) groups is 5.